The normalized spacial score (nSPS) is 11.8. The standard InChI is InChI=1S/C19H20O4/c1-11-8-9-15(12(2)10-11)18(20)16-6-5-7-17(13(16)3)23-14(4)19(21)22/h5-10,14H,1-4H3,(H,21,22). The molecule has 120 valence electrons. The second-order valence-corrected chi connectivity index (χ2v) is 5.67. The van der Waals surface area contributed by atoms with Crippen LogP contribution in [-0.2, 0) is 4.79 Å². The Morgan fingerprint density at radius 2 is 1.74 bits per heavy atom. The second-order valence-electron chi connectivity index (χ2n) is 5.67. The lowest BCUT2D eigenvalue weighted by Crippen LogP contribution is -2.23. The summed E-state index contributed by atoms with van der Waals surface area (Å²) in [7, 11) is 0. The van der Waals surface area contributed by atoms with Crippen molar-refractivity contribution in [3.8, 4) is 5.75 Å². The van der Waals surface area contributed by atoms with Gasteiger partial charge in [0, 0.05) is 16.7 Å². The van der Waals surface area contributed by atoms with Crippen molar-refractivity contribution < 1.29 is 19.4 Å². The molecule has 0 spiro atoms. The number of rotatable bonds is 5. The summed E-state index contributed by atoms with van der Waals surface area (Å²) in [6.45, 7) is 7.11. The molecule has 1 atom stereocenters. The number of aliphatic carboxylic acids is 1. The zero-order valence-corrected chi connectivity index (χ0v) is 13.7. The van der Waals surface area contributed by atoms with E-state index in [0.717, 1.165) is 11.1 Å². The molecular formula is C19H20O4. The number of aryl methyl sites for hydroxylation is 2. The van der Waals surface area contributed by atoms with E-state index in [1.165, 1.54) is 6.92 Å². The molecule has 1 unspecified atom stereocenters. The molecule has 0 fully saturated rings. The van der Waals surface area contributed by atoms with Crippen LogP contribution in [0.2, 0.25) is 0 Å². The fourth-order valence-corrected chi connectivity index (χ4v) is 2.44. The van der Waals surface area contributed by atoms with Crippen molar-refractivity contribution in [2.75, 3.05) is 0 Å². The van der Waals surface area contributed by atoms with Crippen LogP contribution in [0.3, 0.4) is 0 Å². The fourth-order valence-electron chi connectivity index (χ4n) is 2.44. The van der Waals surface area contributed by atoms with Gasteiger partial charge in [0.05, 0.1) is 0 Å². The highest BCUT2D eigenvalue weighted by molar-refractivity contribution is 6.11. The van der Waals surface area contributed by atoms with Crippen LogP contribution in [0, 0.1) is 20.8 Å². The summed E-state index contributed by atoms with van der Waals surface area (Å²) in [6, 6.07) is 10.8. The van der Waals surface area contributed by atoms with E-state index in [9.17, 15) is 9.59 Å². The first-order valence-corrected chi connectivity index (χ1v) is 7.42. The van der Waals surface area contributed by atoms with Gasteiger partial charge < -0.3 is 9.84 Å². The van der Waals surface area contributed by atoms with Crippen molar-refractivity contribution in [1.29, 1.82) is 0 Å². The van der Waals surface area contributed by atoms with Gasteiger partial charge in [-0.2, -0.15) is 0 Å². The highest BCUT2D eigenvalue weighted by Gasteiger charge is 2.19. The van der Waals surface area contributed by atoms with Crippen LogP contribution in [0.1, 0.15) is 39.5 Å². The molecule has 0 aliphatic carbocycles. The van der Waals surface area contributed by atoms with Gasteiger partial charge in [-0.3, -0.25) is 4.79 Å². The molecule has 4 nitrogen and oxygen atoms in total. The van der Waals surface area contributed by atoms with Crippen LogP contribution in [0.4, 0.5) is 0 Å². The Kier molecular flexibility index (Phi) is 4.84. The third-order valence-electron chi connectivity index (χ3n) is 3.81. The van der Waals surface area contributed by atoms with E-state index < -0.39 is 12.1 Å². The van der Waals surface area contributed by atoms with Crippen LogP contribution < -0.4 is 4.74 Å². The molecule has 23 heavy (non-hydrogen) atoms. The number of hydrogen-bond donors (Lipinski definition) is 1. The van der Waals surface area contributed by atoms with Gasteiger partial charge in [-0.15, -0.1) is 0 Å². The molecule has 0 radical (unpaired) electrons. The van der Waals surface area contributed by atoms with E-state index in [0.29, 0.717) is 22.4 Å². The number of carbonyl (C=O) groups is 2. The maximum Gasteiger partial charge on any atom is 0.344 e. The Labute approximate surface area is 135 Å². The Bertz CT molecular complexity index is 762. The number of hydrogen-bond acceptors (Lipinski definition) is 3. The molecule has 0 aliphatic heterocycles. The maximum atomic E-state index is 12.8. The minimum absolute atomic E-state index is 0.0894. The summed E-state index contributed by atoms with van der Waals surface area (Å²) in [5.41, 5.74) is 3.82. The molecule has 4 heteroatoms. The average Bonchev–Trinajstić information content (AvgIpc) is 2.48. The molecule has 0 amide bonds. The molecule has 0 aromatic heterocycles. The van der Waals surface area contributed by atoms with E-state index in [1.807, 2.05) is 32.0 Å². The SMILES string of the molecule is Cc1ccc(C(=O)c2cccc(OC(C)C(=O)O)c2C)c(C)c1. The minimum atomic E-state index is -1.05. The molecule has 2 rings (SSSR count). The third kappa shape index (κ3) is 3.59. The minimum Gasteiger partial charge on any atom is -0.479 e. The first-order chi connectivity index (χ1) is 10.8. The number of carboxylic acids is 1. The number of benzene rings is 2. The number of ketones is 1. The van der Waals surface area contributed by atoms with E-state index in [1.54, 1.807) is 25.1 Å². The van der Waals surface area contributed by atoms with Crippen LogP contribution in [-0.4, -0.2) is 23.0 Å². The van der Waals surface area contributed by atoms with Crippen molar-refractivity contribution >= 4 is 11.8 Å². The van der Waals surface area contributed by atoms with Gasteiger partial charge >= 0.3 is 5.97 Å². The van der Waals surface area contributed by atoms with E-state index in [4.69, 9.17) is 9.84 Å². The van der Waals surface area contributed by atoms with Gasteiger partial charge in [0.25, 0.3) is 0 Å². The molecule has 0 heterocycles. The first kappa shape index (κ1) is 16.7. The van der Waals surface area contributed by atoms with Gasteiger partial charge in [0.2, 0.25) is 0 Å². The van der Waals surface area contributed by atoms with Crippen molar-refractivity contribution in [3.63, 3.8) is 0 Å². The van der Waals surface area contributed by atoms with Crippen LogP contribution in [0.15, 0.2) is 36.4 Å². The van der Waals surface area contributed by atoms with Crippen molar-refractivity contribution in [2.45, 2.75) is 33.8 Å². The van der Waals surface area contributed by atoms with Crippen LogP contribution in [0.5, 0.6) is 5.75 Å². The van der Waals surface area contributed by atoms with E-state index in [-0.39, 0.29) is 5.78 Å². The fraction of sp³-hybridized carbons (Fsp3) is 0.263. The topological polar surface area (TPSA) is 63.6 Å². The largest absolute Gasteiger partial charge is 0.479 e. The van der Waals surface area contributed by atoms with Crippen molar-refractivity contribution in [3.05, 3.63) is 64.2 Å². The Balaban J connectivity index is 2.40. The summed E-state index contributed by atoms with van der Waals surface area (Å²) >= 11 is 0. The van der Waals surface area contributed by atoms with Crippen LogP contribution >= 0.6 is 0 Å². The highest BCUT2D eigenvalue weighted by atomic mass is 16.5. The van der Waals surface area contributed by atoms with Gasteiger partial charge in [-0.05, 0) is 39.3 Å². The number of carbonyl (C=O) groups excluding carboxylic acids is 1. The van der Waals surface area contributed by atoms with Gasteiger partial charge in [0.15, 0.2) is 11.9 Å². The molecule has 1 N–H and O–H groups in total. The van der Waals surface area contributed by atoms with Crippen molar-refractivity contribution in [2.24, 2.45) is 0 Å². The van der Waals surface area contributed by atoms with E-state index >= 15 is 0 Å². The van der Waals surface area contributed by atoms with Gasteiger partial charge in [-0.25, -0.2) is 4.79 Å². The second kappa shape index (κ2) is 6.65. The third-order valence-corrected chi connectivity index (χ3v) is 3.81. The van der Waals surface area contributed by atoms with Crippen molar-refractivity contribution in [1.82, 2.24) is 0 Å². The summed E-state index contributed by atoms with van der Waals surface area (Å²) in [5.74, 6) is -0.723. The molecule has 2 aromatic carbocycles. The predicted octanol–water partition coefficient (Wildman–Crippen LogP) is 3.69. The van der Waals surface area contributed by atoms with Gasteiger partial charge in [0.1, 0.15) is 5.75 Å². The lowest BCUT2D eigenvalue weighted by molar-refractivity contribution is -0.144. The molecule has 0 bridgehead atoms. The Morgan fingerprint density at radius 3 is 2.35 bits per heavy atom. The molecule has 0 aliphatic rings. The predicted molar refractivity (Wildman–Crippen MR) is 88.3 cm³/mol. The zero-order valence-electron chi connectivity index (χ0n) is 13.7. The average molecular weight is 312 g/mol. The molecule has 0 saturated heterocycles. The summed E-state index contributed by atoms with van der Waals surface area (Å²) in [6.07, 6.45) is -0.972. The lowest BCUT2D eigenvalue weighted by Gasteiger charge is -2.15. The first-order valence-electron chi connectivity index (χ1n) is 7.42. The molecule has 0 saturated carbocycles. The number of ether oxygens (including phenoxy) is 1. The van der Waals surface area contributed by atoms with E-state index in [2.05, 4.69) is 0 Å². The van der Waals surface area contributed by atoms with Gasteiger partial charge in [-0.1, -0.05) is 35.9 Å². The quantitative estimate of drug-likeness (QED) is 0.855. The summed E-state index contributed by atoms with van der Waals surface area (Å²) in [4.78, 5) is 23.7. The Hall–Kier alpha value is -2.62. The van der Waals surface area contributed by atoms with Crippen LogP contribution in [0.25, 0.3) is 0 Å². The summed E-state index contributed by atoms with van der Waals surface area (Å²) in [5, 5.41) is 8.96. The highest BCUT2D eigenvalue weighted by Crippen LogP contribution is 2.25. The molecular weight excluding hydrogens is 292 g/mol. The zero-order chi connectivity index (χ0) is 17.1. The maximum absolute atomic E-state index is 12.8. The monoisotopic (exact) mass is 312 g/mol. The molecule has 2 aromatic rings. The Morgan fingerprint density at radius 1 is 1.04 bits per heavy atom. The number of carboxylic acid groups (broad SMARTS) is 1. The lowest BCUT2D eigenvalue weighted by atomic mass is 9.94. The summed E-state index contributed by atoms with van der Waals surface area (Å²) < 4.78 is 5.43. The smallest absolute Gasteiger partial charge is 0.344 e.